The van der Waals surface area contributed by atoms with Crippen LogP contribution in [-0.4, -0.2) is 9.13 Å². The number of nitrogens with zero attached hydrogens (tertiary/aromatic N) is 2. The van der Waals surface area contributed by atoms with Crippen molar-refractivity contribution in [3.63, 3.8) is 0 Å². The number of thiophene rings is 1. The van der Waals surface area contributed by atoms with Gasteiger partial charge in [0.25, 0.3) is 0 Å². The van der Waals surface area contributed by atoms with E-state index in [4.69, 9.17) is 0 Å². The standard InChI is InChI=1S/C42H26N2S/c1-5-19-37-31(13-1)32-14-2-6-20-38(32)44(37)29-23-24-40-36(26-29)33-15-3-7-21-39(33)43(40)28-12-9-11-27(25-28)30-17-10-18-35-34-16-4-8-22-41(34)45-42(30)35/h1-26H. The van der Waals surface area contributed by atoms with Gasteiger partial charge in [-0.2, -0.15) is 0 Å². The highest BCUT2D eigenvalue weighted by Gasteiger charge is 2.17. The smallest absolute Gasteiger partial charge is 0.0542 e. The van der Waals surface area contributed by atoms with Crippen molar-refractivity contribution in [2.45, 2.75) is 0 Å². The predicted octanol–water partition coefficient (Wildman–Crippen LogP) is 11.9. The third-order valence-electron chi connectivity index (χ3n) is 9.31. The molecule has 3 aromatic heterocycles. The fourth-order valence-corrected chi connectivity index (χ4v) is 8.60. The second kappa shape index (κ2) is 9.43. The highest BCUT2D eigenvalue weighted by molar-refractivity contribution is 7.26. The average Bonchev–Trinajstić information content (AvgIpc) is 3.76. The van der Waals surface area contributed by atoms with Crippen LogP contribution in [0.4, 0.5) is 0 Å². The third kappa shape index (κ3) is 3.56. The zero-order valence-corrected chi connectivity index (χ0v) is 25.1. The first-order chi connectivity index (χ1) is 22.3. The molecule has 0 spiro atoms. The second-order valence-electron chi connectivity index (χ2n) is 11.8. The van der Waals surface area contributed by atoms with Crippen LogP contribution in [0.2, 0.25) is 0 Å². The van der Waals surface area contributed by atoms with Gasteiger partial charge in [-0.05, 0) is 65.7 Å². The van der Waals surface area contributed by atoms with Gasteiger partial charge in [-0.15, -0.1) is 11.3 Å². The van der Waals surface area contributed by atoms with Crippen molar-refractivity contribution in [1.82, 2.24) is 9.13 Å². The van der Waals surface area contributed by atoms with Crippen LogP contribution in [-0.2, 0) is 0 Å². The lowest BCUT2D eigenvalue weighted by Gasteiger charge is -2.12. The Kier molecular flexibility index (Phi) is 5.19. The van der Waals surface area contributed by atoms with Gasteiger partial charge in [-0.25, -0.2) is 0 Å². The zero-order valence-electron chi connectivity index (χ0n) is 24.3. The van der Waals surface area contributed by atoms with Crippen molar-refractivity contribution in [2.24, 2.45) is 0 Å². The molecule has 0 aliphatic rings. The Morgan fingerprint density at radius 3 is 1.60 bits per heavy atom. The van der Waals surface area contributed by atoms with Crippen LogP contribution in [0.15, 0.2) is 158 Å². The van der Waals surface area contributed by atoms with E-state index in [2.05, 4.69) is 167 Å². The second-order valence-corrected chi connectivity index (χ2v) is 12.8. The highest BCUT2D eigenvalue weighted by atomic mass is 32.1. The monoisotopic (exact) mass is 590 g/mol. The van der Waals surface area contributed by atoms with Gasteiger partial charge in [0.1, 0.15) is 0 Å². The fourth-order valence-electron chi connectivity index (χ4n) is 7.37. The lowest BCUT2D eigenvalue weighted by Crippen LogP contribution is -1.96. The minimum Gasteiger partial charge on any atom is -0.309 e. The zero-order chi connectivity index (χ0) is 29.5. The molecule has 3 heterocycles. The van der Waals surface area contributed by atoms with E-state index in [0.717, 1.165) is 0 Å². The first-order valence-corrected chi connectivity index (χ1v) is 16.2. The van der Waals surface area contributed by atoms with Crippen LogP contribution in [0, 0.1) is 0 Å². The maximum Gasteiger partial charge on any atom is 0.0542 e. The summed E-state index contributed by atoms with van der Waals surface area (Å²) in [5, 5.41) is 7.72. The molecule has 0 radical (unpaired) electrons. The van der Waals surface area contributed by atoms with Gasteiger partial charge in [-0.1, -0.05) is 103 Å². The van der Waals surface area contributed by atoms with Crippen LogP contribution in [0.1, 0.15) is 0 Å². The Morgan fingerprint density at radius 2 is 0.889 bits per heavy atom. The summed E-state index contributed by atoms with van der Waals surface area (Å²) in [6, 6.07) is 57.7. The Balaban J connectivity index is 1.20. The molecule has 0 aliphatic carbocycles. The molecule has 10 aromatic rings. The van der Waals surface area contributed by atoms with Gasteiger partial charge in [0, 0.05) is 53.1 Å². The Morgan fingerprint density at radius 1 is 0.356 bits per heavy atom. The van der Waals surface area contributed by atoms with Crippen LogP contribution < -0.4 is 0 Å². The molecule has 0 aliphatic heterocycles. The molecule has 3 heteroatoms. The Labute approximate surface area is 263 Å². The molecule has 10 rings (SSSR count). The molecule has 45 heavy (non-hydrogen) atoms. The summed E-state index contributed by atoms with van der Waals surface area (Å²) in [6.45, 7) is 0. The molecule has 0 atom stereocenters. The molecule has 0 bridgehead atoms. The molecular weight excluding hydrogens is 565 g/mol. The number of hydrogen-bond acceptors (Lipinski definition) is 1. The summed E-state index contributed by atoms with van der Waals surface area (Å²) >= 11 is 1.88. The number of benzene rings is 7. The molecule has 2 nitrogen and oxygen atoms in total. The van der Waals surface area contributed by atoms with E-state index < -0.39 is 0 Å². The molecule has 0 N–H and O–H groups in total. The van der Waals surface area contributed by atoms with E-state index in [-0.39, 0.29) is 0 Å². The van der Waals surface area contributed by atoms with E-state index in [1.165, 1.54) is 86.3 Å². The van der Waals surface area contributed by atoms with Gasteiger partial charge in [-0.3, -0.25) is 0 Å². The van der Waals surface area contributed by atoms with E-state index in [0.29, 0.717) is 0 Å². The molecule has 0 unspecified atom stereocenters. The van der Waals surface area contributed by atoms with Gasteiger partial charge in [0.2, 0.25) is 0 Å². The lowest BCUT2D eigenvalue weighted by molar-refractivity contribution is 1.17. The molecule has 0 amide bonds. The van der Waals surface area contributed by atoms with Gasteiger partial charge in [0.15, 0.2) is 0 Å². The Bertz CT molecular complexity index is 2720. The summed E-state index contributed by atoms with van der Waals surface area (Å²) in [5.74, 6) is 0. The Hall–Kier alpha value is -5.64. The first-order valence-electron chi connectivity index (χ1n) is 15.4. The summed E-state index contributed by atoms with van der Waals surface area (Å²) in [6.07, 6.45) is 0. The minimum absolute atomic E-state index is 1.17. The topological polar surface area (TPSA) is 9.86 Å². The summed E-state index contributed by atoms with van der Waals surface area (Å²) in [5.41, 5.74) is 9.73. The third-order valence-corrected chi connectivity index (χ3v) is 10.5. The van der Waals surface area contributed by atoms with Crippen LogP contribution in [0.5, 0.6) is 0 Å². The van der Waals surface area contributed by atoms with Gasteiger partial charge < -0.3 is 9.13 Å². The van der Waals surface area contributed by atoms with Crippen molar-refractivity contribution < 1.29 is 0 Å². The molecular formula is C42H26N2S. The molecule has 0 saturated heterocycles. The molecule has 7 aromatic carbocycles. The van der Waals surface area contributed by atoms with Crippen LogP contribution in [0.3, 0.4) is 0 Å². The summed E-state index contributed by atoms with van der Waals surface area (Å²) in [4.78, 5) is 0. The van der Waals surface area contributed by atoms with Crippen molar-refractivity contribution in [3.05, 3.63) is 158 Å². The highest BCUT2D eigenvalue weighted by Crippen LogP contribution is 2.41. The maximum absolute atomic E-state index is 2.43. The van der Waals surface area contributed by atoms with Crippen molar-refractivity contribution in [3.8, 4) is 22.5 Å². The van der Waals surface area contributed by atoms with E-state index in [1.54, 1.807) is 0 Å². The largest absolute Gasteiger partial charge is 0.309 e. The number of aromatic nitrogens is 2. The van der Waals surface area contributed by atoms with E-state index >= 15 is 0 Å². The number of rotatable bonds is 3. The van der Waals surface area contributed by atoms with Crippen molar-refractivity contribution >= 4 is 75.1 Å². The average molecular weight is 591 g/mol. The van der Waals surface area contributed by atoms with Crippen LogP contribution >= 0.6 is 11.3 Å². The van der Waals surface area contributed by atoms with Crippen LogP contribution in [0.25, 0.3) is 86.3 Å². The maximum atomic E-state index is 2.43. The van der Waals surface area contributed by atoms with E-state index in [9.17, 15) is 0 Å². The summed E-state index contributed by atoms with van der Waals surface area (Å²) in [7, 11) is 0. The number of hydrogen-bond donors (Lipinski definition) is 0. The normalized spacial score (nSPS) is 12.0. The first kappa shape index (κ1) is 24.8. The van der Waals surface area contributed by atoms with Crippen molar-refractivity contribution in [1.29, 1.82) is 0 Å². The fraction of sp³-hybridized carbons (Fsp3) is 0. The van der Waals surface area contributed by atoms with Gasteiger partial charge in [0.05, 0.1) is 22.1 Å². The van der Waals surface area contributed by atoms with Crippen molar-refractivity contribution in [2.75, 3.05) is 0 Å². The van der Waals surface area contributed by atoms with E-state index in [1.807, 2.05) is 11.3 Å². The molecule has 0 fully saturated rings. The number of fused-ring (bicyclic) bond motifs is 9. The quantitative estimate of drug-likeness (QED) is 0.194. The summed E-state index contributed by atoms with van der Waals surface area (Å²) < 4.78 is 7.50. The lowest BCUT2D eigenvalue weighted by atomic mass is 10.0. The molecule has 0 saturated carbocycles. The predicted molar refractivity (Wildman–Crippen MR) is 193 cm³/mol. The SMILES string of the molecule is c1cc(-c2cccc3c2sc2ccccc23)cc(-n2c3ccccc3c3cc(-n4c5ccccc5c5ccccc54)ccc32)c1. The molecule has 210 valence electrons. The number of para-hydroxylation sites is 3. The van der Waals surface area contributed by atoms with Gasteiger partial charge >= 0.3 is 0 Å². The minimum atomic E-state index is 1.17.